The standard InChI is InChI=1S/C7H5S2/c1-2-4-7-6(3-1)5-8-9-7/h1-5H/q+1. The molecule has 1 heterocycles. The predicted molar refractivity (Wildman–Crippen MR) is 44.1 cm³/mol. The molecule has 0 fully saturated rings. The second-order valence-corrected chi connectivity index (χ2v) is 3.95. The summed E-state index contributed by atoms with van der Waals surface area (Å²) in [6.07, 6.45) is 0. The molecule has 9 heavy (non-hydrogen) atoms. The fraction of sp³-hybridized carbons (Fsp3) is 0. The van der Waals surface area contributed by atoms with E-state index in [1.807, 2.05) is 10.3 Å². The molecule has 44 valence electrons. The van der Waals surface area contributed by atoms with Gasteiger partial charge in [-0.05, 0) is 6.07 Å². The first-order valence-corrected chi connectivity index (χ1v) is 4.94. The van der Waals surface area contributed by atoms with Gasteiger partial charge in [0.2, 0.25) is 0 Å². The molecule has 0 saturated heterocycles. The van der Waals surface area contributed by atoms with E-state index < -0.39 is 0 Å². The van der Waals surface area contributed by atoms with E-state index in [1.165, 1.54) is 10.1 Å². The van der Waals surface area contributed by atoms with Gasteiger partial charge < -0.3 is 0 Å². The maximum atomic E-state index is 2.18. The quantitative estimate of drug-likeness (QED) is 0.402. The highest BCUT2D eigenvalue weighted by Gasteiger charge is 2.02. The molecule has 1 aromatic heterocycles. The third-order valence-electron chi connectivity index (χ3n) is 1.23. The molecule has 0 radical (unpaired) electrons. The lowest BCUT2D eigenvalue weighted by Gasteiger charge is -1.73. The van der Waals surface area contributed by atoms with Crippen LogP contribution < -0.4 is 0 Å². The Hall–Kier alpha value is -0.470. The first kappa shape index (κ1) is 5.33. The van der Waals surface area contributed by atoms with Gasteiger partial charge in [0, 0.05) is 6.07 Å². The van der Waals surface area contributed by atoms with Crippen molar-refractivity contribution in [3.63, 3.8) is 0 Å². The average molecular weight is 153 g/mol. The lowest BCUT2D eigenvalue weighted by Crippen LogP contribution is -1.56. The van der Waals surface area contributed by atoms with Crippen molar-refractivity contribution in [1.29, 1.82) is 0 Å². The Morgan fingerprint density at radius 3 is 3.00 bits per heavy atom. The zero-order valence-corrected chi connectivity index (χ0v) is 6.34. The largest absolute Gasteiger partial charge is 0.300 e. The molecule has 0 aliphatic rings. The molecule has 0 spiro atoms. The van der Waals surface area contributed by atoms with Crippen LogP contribution in [0.25, 0.3) is 10.1 Å². The molecule has 0 aliphatic carbocycles. The molecule has 2 rings (SSSR count). The fourth-order valence-corrected chi connectivity index (χ4v) is 2.90. The predicted octanol–water partition coefficient (Wildman–Crippen LogP) is 3.24. The van der Waals surface area contributed by atoms with E-state index in [4.69, 9.17) is 0 Å². The van der Waals surface area contributed by atoms with Gasteiger partial charge in [0.25, 0.3) is 4.70 Å². The summed E-state index contributed by atoms with van der Waals surface area (Å²) in [5, 5.41) is 3.55. The third kappa shape index (κ3) is 0.843. The number of benzene rings is 1. The highest BCUT2D eigenvalue weighted by Crippen LogP contribution is 2.23. The van der Waals surface area contributed by atoms with Crippen LogP contribution >= 0.6 is 20.7 Å². The molecule has 0 aliphatic heterocycles. The maximum absolute atomic E-state index is 2.18. The van der Waals surface area contributed by atoms with Gasteiger partial charge in [0.05, 0.1) is 10.8 Å². The highest BCUT2D eigenvalue weighted by molar-refractivity contribution is 7.71. The summed E-state index contributed by atoms with van der Waals surface area (Å²) in [5.74, 6) is 0. The van der Waals surface area contributed by atoms with E-state index >= 15 is 0 Å². The van der Waals surface area contributed by atoms with Gasteiger partial charge in [-0.15, -0.1) is 0 Å². The zero-order chi connectivity index (χ0) is 6.10. The SMILES string of the molecule is c1ccc2[s+]scc2c1. The molecule has 0 N–H and O–H groups in total. The van der Waals surface area contributed by atoms with Crippen LogP contribution in [0.2, 0.25) is 0 Å². The van der Waals surface area contributed by atoms with Crippen molar-refractivity contribution in [3.8, 4) is 0 Å². The first-order chi connectivity index (χ1) is 4.47. The van der Waals surface area contributed by atoms with E-state index in [-0.39, 0.29) is 0 Å². The van der Waals surface area contributed by atoms with Crippen LogP contribution in [-0.2, 0) is 0 Å². The van der Waals surface area contributed by atoms with Gasteiger partial charge in [-0.1, -0.05) is 12.1 Å². The minimum Gasteiger partial charge on any atom is -0.0612 e. The van der Waals surface area contributed by atoms with Crippen molar-refractivity contribution >= 4 is 30.8 Å². The van der Waals surface area contributed by atoms with Gasteiger partial charge in [-0.3, -0.25) is 0 Å². The van der Waals surface area contributed by atoms with Crippen molar-refractivity contribution in [3.05, 3.63) is 29.6 Å². The van der Waals surface area contributed by atoms with Gasteiger partial charge in [0.1, 0.15) is 0 Å². The van der Waals surface area contributed by atoms with Gasteiger partial charge in [-0.25, -0.2) is 0 Å². The van der Waals surface area contributed by atoms with Gasteiger partial charge >= 0.3 is 10.3 Å². The molecule has 0 saturated carbocycles. The molecule has 0 amide bonds. The first-order valence-electron chi connectivity index (χ1n) is 2.72. The minimum atomic E-state index is 1.37. The van der Waals surface area contributed by atoms with Crippen molar-refractivity contribution in [2.45, 2.75) is 0 Å². The van der Waals surface area contributed by atoms with Crippen LogP contribution in [0.15, 0.2) is 29.6 Å². The molecule has 2 aromatic rings. The molecule has 0 bridgehead atoms. The maximum Gasteiger partial charge on any atom is 0.300 e. The molecular weight excluding hydrogens is 148 g/mol. The highest BCUT2D eigenvalue weighted by atomic mass is 32.9. The molecule has 0 nitrogen and oxygen atoms in total. The van der Waals surface area contributed by atoms with Crippen LogP contribution in [-0.4, -0.2) is 0 Å². The van der Waals surface area contributed by atoms with Crippen molar-refractivity contribution in [1.82, 2.24) is 0 Å². The van der Waals surface area contributed by atoms with Crippen molar-refractivity contribution < 1.29 is 0 Å². The Labute approximate surface area is 60.8 Å². The second kappa shape index (κ2) is 2.05. The topological polar surface area (TPSA) is 0 Å². The van der Waals surface area contributed by atoms with Crippen LogP contribution in [0.5, 0.6) is 0 Å². The summed E-state index contributed by atoms with van der Waals surface area (Å²) >= 11 is 0. The van der Waals surface area contributed by atoms with E-state index in [2.05, 4.69) is 29.6 Å². The van der Waals surface area contributed by atoms with Crippen LogP contribution in [0.3, 0.4) is 0 Å². The lowest BCUT2D eigenvalue weighted by atomic mass is 10.3. The summed E-state index contributed by atoms with van der Waals surface area (Å²) in [4.78, 5) is 0. The fourth-order valence-electron chi connectivity index (χ4n) is 0.782. The Morgan fingerprint density at radius 1 is 1.22 bits per heavy atom. The van der Waals surface area contributed by atoms with E-state index in [0.717, 1.165) is 0 Å². The molecule has 0 atom stereocenters. The number of rotatable bonds is 0. The van der Waals surface area contributed by atoms with Crippen molar-refractivity contribution in [2.75, 3.05) is 0 Å². The van der Waals surface area contributed by atoms with E-state index in [9.17, 15) is 0 Å². The third-order valence-corrected chi connectivity index (χ3v) is 3.35. The summed E-state index contributed by atoms with van der Waals surface area (Å²) in [6.45, 7) is 0. The van der Waals surface area contributed by atoms with Crippen molar-refractivity contribution in [2.24, 2.45) is 0 Å². The lowest BCUT2D eigenvalue weighted by molar-refractivity contribution is 1.86. The zero-order valence-electron chi connectivity index (χ0n) is 4.70. The molecule has 2 heteroatoms. The Morgan fingerprint density at radius 2 is 2.11 bits per heavy atom. The van der Waals surface area contributed by atoms with E-state index in [1.54, 1.807) is 10.3 Å². The normalized spacial score (nSPS) is 10.2. The monoisotopic (exact) mass is 153 g/mol. The van der Waals surface area contributed by atoms with Crippen LogP contribution in [0, 0.1) is 0 Å². The van der Waals surface area contributed by atoms with E-state index in [0.29, 0.717) is 0 Å². The Bertz CT molecular complexity index is 281. The number of fused-ring (bicyclic) bond motifs is 1. The average Bonchev–Trinajstić information content (AvgIpc) is 2.33. The summed E-state index contributed by atoms with van der Waals surface area (Å²) in [6, 6.07) is 8.44. The minimum absolute atomic E-state index is 1.37. The Balaban J connectivity index is 2.95. The summed E-state index contributed by atoms with van der Waals surface area (Å²) in [5.41, 5.74) is 0. The second-order valence-electron chi connectivity index (χ2n) is 1.84. The number of hydrogen-bond acceptors (Lipinski definition) is 1. The van der Waals surface area contributed by atoms with Gasteiger partial charge in [0.15, 0.2) is 10.3 Å². The van der Waals surface area contributed by atoms with Crippen LogP contribution in [0.4, 0.5) is 0 Å². The Kier molecular flexibility index (Phi) is 1.21. The molecule has 0 unspecified atom stereocenters. The smallest absolute Gasteiger partial charge is 0.0612 e. The molecule has 1 aromatic carbocycles. The summed E-state index contributed by atoms with van der Waals surface area (Å²) < 4.78 is 1.39. The van der Waals surface area contributed by atoms with Gasteiger partial charge in [-0.2, -0.15) is 0 Å². The summed E-state index contributed by atoms with van der Waals surface area (Å²) in [7, 11) is 3.62. The molecular formula is C7H5S2+. The number of hydrogen-bond donors (Lipinski definition) is 0. The van der Waals surface area contributed by atoms with Crippen LogP contribution in [0.1, 0.15) is 0 Å².